The van der Waals surface area contributed by atoms with Gasteiger partial charge in [-0.15, -0.1) is 0 Å². The van der Waals surface area contributed by atoms with Crippen molar-refractivity contribution in [3.8, 4) is 0 Å². The van der Waals surface area contributed by atoms with Crippen molar-refractivity contribution in [2.45, 2.75) is 23.1 Å². The number of hydrogen-bond acceptors (Lipinski definition) is 4. The molecule has 1 heterocycles. The second kappa shape index (κ2) is 7.54. The van der Waals surface area contributed by atoms with E-state index in [4.69, 9.17) is 9.52 Å². The maximum atomic E-state index is 13.1. The summed E-state index contributed by atoms with van der Waals surface area (Å²) < 4.78 is 82.1. The number of nitrogens with one attached hydrogen (secondary N) is 1. The smallest absolute Gasteiger partial charge is 0.446 e. The minimum atomic E-state index is -4.95. The van der Waals surface area contributed by atoms with Gasteiger partial charge < -0.3 is 14.8 Å². The minimum Gasteiger partial charge on any atom is -0.475 e. The van der Waals surface area contributed by atoms with Gasteiger partial charge in [-0.25, -0.2) is 4.79 Å². The third kappa shape index (κ3) is 5.17. The lowest BCUT2D eigenvalue weighted by Crippen LogP contribution is -2.10. The molecule has 0 saturated heterocycles. The van der Waals surface area contributed by atoms with E-state index >= 15 is 0 Å². The summed E-state index contributed by atoms with van der Waals surface area (Å²) in [5, 5.41) is 12.2. The van der Waals surface area contributed by atoms with Gasteiger partial charge in [-0.2, -0.15) is 26.3 Å². The topological polar surface area (TPSA) is 62.5 Å². The molecule has 3 aromatic rings. The lowest BCUT2D eigenvalue weighted by Gasteiger charge is -2.16. The number of carboxylic acid groups (broad SMARTS) is 1. The maximum Gasteiger partial charge on any atom is 0.446 e. The van der Waals surface area contributed by atoms with Gasteiger partial charge in [-0.3, -0.25) is 0 Å². The van der Waals surface area contributed by atoms with Crippen LogP contribution in [0.4, 0.5) is 32.0 Å². The molecule has 0 spiro atoms. The molecule has 4 nitrogen and oxygen atoms in total. The first kappa shape index (κ1) is 20.9. The number of furan rings is 1. The van der Waals surface area contributed by atoms with Crippen molar-refractivity contribution in [2.75, 3.05) is 5.32 Å². The van der Waals surface area contributed by atoms with E-state index in [1.807, 2.05) is 0 Å². The zero-order valence-corrected chi connectivity index (χ0v) is 15.0. The first-order valence-electron chi connectivity index (χ1n) is 7.89. The molecule has 0 saturated carbocycles. The number of halogens is 6. The van der Waals surface area contributed by atoms with Crippen LogP contribution in [0.15, 0.2) is 51.8 Å². The quantitative estimate of drug-likeness (QED) is 0.360. The highest BCUT2D eigenvalue weighted by molar-refractivity contribution is 8.00. The van der Waals surface area contributed by atoms with Gasteiger partial charge in [-0.1, -0.05) is 12.1 Å². The summed E-state index contributed by atoms with van der Waals surface area (Å²) in [5.41, 5.74) is -5.39. The molecule has 0 aliphatic rings. The second-order valence-electron chi connectivity index (χ2n) is 5.90. The predicted octanol–water partition coefficient (Wildman–Crippen LogP) is 6.37. The molecule has 0 aliphatic heterocycles. The predicted molar refractivity (Wildman–Crippen MR) is 93.9 cm³/mol. The summed E-state index contributed by atoms with van der Waals surface area (Å²) in [6, 6.07) is 8.56. The van der Waals surface area contributed by atoms with Crippen LogP contribution in [0.25, 0.3) is 11.0 Å². The van der Waals surface area contributed by atoms with Gasteiger partial charge in [0, 0.05) is 22.5 Å². The van der Waals surface area contributed by atoms with Crippen molar-refractivity contribution in [3.05, 3.63) is 59.4 Å². The van der Waals surface area contributed by atoms with E-state index in [2.05, 4.69) is 5.32 Å². The molecular weight excluding hydrogens is 424 g/mol. The third-order valence-corrected chi connectivity index (χ3v) is 4.61. The Morgan fingerprint density at radius 2 is 1.76 bits per heavy atom. The first-order chi connectivity index (χ1) is 13.4. The molecule has 2 aromatic carbocycles. The maximum absolute atomic E-state index is 13.1. The van der Waals surface area contributed by atoms with Gasteiger partial charge in [0.2, 0.25) is 5.76 Å². The number of hydrogen-bond donors (Lipinski definition) is 2. The number of carboxylic acids is 1. The van der Waals surface area contributed by atoms with E-state index in [9.17, 15) is 31.1 Å². The fourth-order valence-electron chi connectivity index (χ4n) is 2.57. The third-order valence-electron chi connectivity index (χ3n) is 3.80. The average Bonchev–Trinajstić information content (AvgIpc) is 3.02. The Hall–Kier alpha value is -2.82. The van der Waals surface area contributed by atoms with Crippen LogP contribution in [0, 0.1) is 0 Å². The van der Waals surface area contributed by atoms with Crippen molar-refractivity contribution in [1.82, 2.24) is 0 Å². The number of benzene rings is 2. The highest BCUT2D eigenvalue weighted by Gasteiger charge is 2.38. The van der Waals surface area contributed by atoms with Gasteiger partial charge in [0.25, 0.3) is 0 Å². The van der Waals surface area contributed by atoms with E-state index in [1.54, 1.807) is 12.1 Å². The van der Waals surface area contributed by atoms with Gasteiger partial charge in [0.1, 0.15) is 5.58 Å². The number of anilines is 1. The number of rotatable bonds is 5. The van der Waals surface area contributed by atoms with Crippen molar-refractivity contribution in [1.29, 1.82) is 0 Å². The first-order valence-corrected chi connectivity index (χ1v) is 8.71. The van der Waals surface area contributed by atoms with Crippen molar-refractivity contribution in [2.24, 2.45) is 0 Å². The highest BCUT2D eigenvalue weighted by atomic mass is 32.2. The molecule has 0 radical (unpaired) electrons. The fourth-order valence-corrected chi connectivity index (χ4v) is 3.24. The lowest BCUT2D eigenvalue weighted by atomic mass is 10.1. The summed E-state index contributed by atoms with van der Waals surface area (Å²) in [6.07, 6.45) is -4.95. The van der Waals surface area contributed by atoms with E-state index in [-0.39, 0.29) is 23.6 Å². The minimum absolute atomic E-state index is 0.0189. The van der Waals surface area contributed by atoms with E-state index in [0.29, 0.717) is 17.0 Å². The van der Waals surface area contributed by atoms with Gasteiger partial charge >= 0.3 is 17.7 Å². The van der Waals surface area contributed by atoms with Crippen molar-refractivity contribution in [3.63, 3.8) is 0 Å². The molecule has 11 heteroatoms. The Kier molecular flexibility index (Phi) is 5.44. The molecule has 29 heavy (non-hydrogen) atoms. The zero-order valence-electron chi connectivity index (χ0n) is 14.2. The van der Waals surface area contributed by atoms with Crippen LogP contribution in [0.5, 0.6) is 0 Å². The highest BCUT2D eigenvalue weighted by Crippen LogP contribution is 2.44. The SMILES string of the molecule is O=C(O)c1cc2ccc(CNc3ccc(SC(F)(F)F)c(C(F)(F)F)c3)cc2o1. The normalized spacial score (nSPS) is 12.3. The number of aromatic carboxylic acids is 1. The molecule has 0 amide bonds. The van der Waals surface area contributed by atoms with Gasteiger partial charge in [0.05, 0.1) is 5.56 Å². The molecule has 0 fully saturated rings. The Morgan fingerprint density at radius 3 is 2.38 bits per heavy atom. The summed E-state index contributed by atoms with van der Waals surface area (Å²) in [7, 11) is 0. The fraction of sp³-hybridized carbons (Fsp3) is 0.167. The molecule has 0 unspecified atom stereocenters. The number of thioether (sulfide) groups is 1. The largest absolute Gasteiger partial charge is 0.475 e. The van der Waals surface area contributed by atoms with Crippen LogP contribution in [-0.2, 0) is 12.7 Å². The molecule has 1 aromatic heterocycles. The van der Waals surface area contributed by atoms with Crippen LogP contribution in [-0.4, -0.2) is 16.6 Å². The summed E-state index contributed by atoms with van der Waals surface area (Å²) >= 11 is -0.825. The van der Waals surface area contributed by atoms with Crippen LogP contribution in [0.2, 0.25) is 0 Å². The van der Waals surface area contributed by atoms with Gasteiger partial charge in [-0.05, 0) is 47.7 Å². The Bertz CT molecular complexity index is 1060. The summed E-state index contributed by atoms with van der Waals surface area (Å²) in [6.45, 7) is 0.0438. The zero-order chi connectivity index (χ0) is 21.4. The molecule has 0 aliphatic carbocycles. The number of carbonyl (C=O) groups is 1. The van der Waals surface area contributed by atoms with E-state index in [1.165, 1.54) is 12.1 Å². The van der Waals surface area contributed by atoms with Crippen LogP contribution in [0.3, 0.4) is 0 Å². The summed E-state index contributed by atoms with van der Waals surface area (Å²) in [4.78, 5) is 9.99. The number of alkyl halides is 6. The monoisotopic (exact) mass is 435 g/mol. The number of fused-ring (bicyclic) bond motifs is 1. The average molecular weight is 435 g/mol. The van der Waals surface area contributed by atoms with E-state index < -0.39 is 39.9 Å². The molecule has 0 atom stereocenters. The van der Waals surface area contributed by atoms with Crippen molar-refractivity contribution >= 4 is 34.4 Å². The lowest BCUT2D eigenvalue weighted by molar-refractivity contribution is -0.139. The van der Waals surface area contributed by atoms with Crippen LogP contribution < -0.4 is 5.32 Å². The van der Waals surface area contributed by atoms with Crippen molar-refractivity contribution < 1.29 is 40.7 Å². The van der Waals surface area contributed by atoms with Crippen LogP contribution >= 0.6 is 11.8 Å². The molecule has 154 valence electrons. The standard InChI is InChI=1S/C18H11F6NO3S/c19-17(20,21)12-7-11(3-4-15(12)29-18(22,23)24)25-8-9-1-2-10-6-14(16(26)27)28-13(10)5-9/h1-7,25H,8H2,(H,26,27). The molecule has 2 N–H and O–H groups in total. The molecule has 0 bridgehead atoms. The second-order valence-corrected chi connectivity index (χ2v) is 7.00. The Labute approximate surface area is 163 Å². The van der Waals surface area contributed by atoms with Gasteiger partial charge in [0.15, 0.2) is 0 Å². The molecule has 3 rings (SSSR count). The Morgan fingerprint density at radius 1 is 1.03 bits per heavy atom. The van der Waals surface area contributed by atoms with E-state index in [0.717, 1.165) is 12.1 Å². The Balaban J connectivity index is 1.81. The summed E-state index contributed by atoms with van der Waals surface area (Å²) in [5.74, 6) is -1.49. The van der Waals surface area contributed by atoms with Crippen LogP contribution in [0.1, 0.15) is 21.7 Å². The molecular formula is C18H11F6NO3S.